The first-order valence-electron chi connectivity index (χ1n) is 6.10. The smallest absolute Gasteiger partial charge is 0.119 e. The fraction of sp³-hybridized carbons (Fsp3) is 0.571. The third kappa shape index (κ3) is 4.23. The zero-order valence-corrected chi connectivity index (χ0v) is 10.3. The summed E-state index contributed by atoms with van der Waals surface area (Å²) < 4.78 is 5.14. The van der Waals surface area contributed by atoms with Gasteiger partial charge in [0.05, 0.1) is 13.2 Å². The van der Waals surface area contributed by atoms with Crippen LogP contribution in [0, 0.1) is 0 Å². The maximum atomic E-state index is 9.98. The van der Waals surface area contributed by atoms with Crippen LogP contribution in [-0.2, 0) is 0 Å². The maximum absolute atomic E-state index is 9.98. The molecule has 0 saturated heterocycles. The molecule has 0 amide bonds. The van der Waals surface area contributed by atoms with Gasteiger partial charge in [0.25, 0.3) is 0 Å². The van der Waals surface area contributed by atoms with Gasteiger partial charge in [0, 0.05) is 0 Å². The van der Waals surface area contributed by atoms with Gasteiger partial charge in [-0.2, -0.15) is 0 Å². The van der Waals surface area contributed by atoms with Crippen molar-refractivity contribution in [2.24, 2.45) is 0 Å². The lowest BCUT2D eigenvalue weighted by Gasteiger charge is -2.11. The molecule has 1 N–H and O–H groups in total. The number of unbranched alkanes of at least 4 members (excludes halogenated alkanes) is 3. The van der Waals surface area contributed by atoms with Gasteiger partial charge in [0.15, 0.2) is 0 Å². The summed E-state index contributed by atoms with van der Waals surface area (Å²) in [6, 6.07) is 7.67. The van der Waals surface area contributed by atoms with Gasteiger partial charge in [-0.1, -0.05) is 44.7 Å². The van der Waals surface area contributed by atoms with E-state index in [1.165, 1.54) is 19.3 Å². The van der Waals surface area contributed by atoms with Crippen LogP contribution in [0.4, 0.5) is 0 Å². The second-order valence-electron chi connectivity index (χ2n) is 4.14. The van der Waals surface area contributed by atoms with Crippen molar-refractivity contribution in [2.45, 2.75) is 45.1 Å². The molecule has 1 aromatic carbocycles. The summed E-state index contributed by atoms with van der Waals surface area (Å²) in [5, 5.41) is 9.98. The molecule has 0 heterocycles. The molecule has 90 valence electrons. The molecule has 1 aromatic rings. The Kier molecular flexibility index (Phi) is 5.94. The molecule has 0 fully saturated rings. The molecule has 0 aliphatic rings. The van der Waals surface area contributed by atoms with Crippen LogP contribution in [0.2, 0.25) is 0 Å². The normalized spacial score (nSPS) is 12.4. The summed E-state index contributed by atoms with van der Waals surface area (Å²) in [6.07, 6.45) is 5.27. The standard InChI is InChI=1S/C14H22O2/c1-3-4-5-6-10-14(15)12-8-7-9-13(11-12)16-2/h7-9,11,14-15H,3-6,10H2,1-2H3. The Morgan fingerprint density at radius 3 is 2.75 bits per heavy atom. The number of methoxy groups -OCH3 is 1. The van der Waals surface area contributed by atoms with Gasteiger partial charge in [-0.15, -0.1) is 0 Å². The number of rotatable bonds is 7. The molecule has 1 rings (SSSR count). The first kappa shape index (κ1) is 13.0. The third-order valence-electron chi connectivity index (χ3n) is 2.81. The second kappa shape index (κ2) is 7.29. The minimum absolute atomic E-state index is 0.355. The number of benzene rings is 1. The number of hydrogen-bond donors (Lipinski definition) is 1. The van der Waals surface area contributed by atoms with Crippen molar-refractivity contribution in [3.05, 3.63) is 29.8 Å². The molecular formula is C14H22O2. The number of aliphatic hydroxyl groups is 1. The fourth-order valence-electron chi connectivity index (χ4n) is 1.78. The highest BCUT2D eigenvalue weighted by Crippen LogP contribution is 2.23. The quantitative estimate of drug-likeness (QED) is 0.713. The Morgan fingerprint density at radius 2 is 2.06 bits per heavy atom. The molecule has 1 atom stereocenters. The molecule has 2 nitrogen and oxygen atoms in total. The van der Waals surface area contributed by atoms with E-state index in [2.05, 4.69) is 6.92 Å². The van der Waals surface area contributed by atoms with E-state index in [9.17, 15) is 5.11 Å². The Labute approximate surface area is 98.3 Å². The van der Waals surface area contributed by atoms with E-state index < -0.39 is 0 Å². The summed E-state index contributed by atoms with van der Waals surface area (Å²) >= 11 is 0. The van der Waals surface area contributed by atoms with Crippen molar-refractivity contribution < 1.29 is 9.84 Å². The van der Waals surface area contributed by atoms with Gasteiger partial charge < -0.3 is 9.84 Å². The Morgan fingerprint density at radius 1 is 1.25 bits per heavy atom. The lowest BCUT2D eigenvalue weighted by atomic mass is 10.0. The second-order valence-corrected chi connectivity index (χ2v) is 4.14. The van der Waals surface area contributed by atoms with Crippen LogP contribution >= 0.6 is 0 Å². The van der Waals surface area contributed by atoms with Gasteiger partial charge >= 0.3 is 0 Å². The van der Waals surface area contributed by atoms with Crippen molar-refractivity contribution >= 4 is 0 Å². The lowest BCUT2D eigenvalue weighted by Crippen LogP contribution is -1.97. The van der Waals surface area contributed by atoms with E-state index in [1.54, 1.807) is 7.11 Å². The molecule has 0 bridgehead atoms. The molecule has 0 aliphatic heterocycles. The zero-order chi connectivity index (χ0) is 11.8. The number of ether oxygens (including phenoxy) is 1. The van der Waals surface area contributed by atoms with Crippen LogP contribution in [0.3, 0.4) is 0 Å². The van der Waals surface area contributed by atoms with Crippen molar-refractivity contribution in [3.63, 3.8) is 0 Å². The minimum atomic E-state index is -0.355. The van der Waals surface area contributed by atoms with Crippen LogP contribution in [0.1, 0.15) is 50.7 Å². The molecule has 1 unspecified atom stereocenters. The van der Waals surface area contributed by atoms with Gasteiger partial charge in [0.1, 0.15) is 5.75 Å². The highest BCUT2D eigenvalue weighted by Gasteiger charge is 2.07. The van der Waals surface area contributed by atoms with Gasteiger partial charge in [-0.25, -0.2) is 0 Å². The Bertz CT molecular complexity index is 297. The molecule has 16 heavy (non-hydrogen) atoms. The average molecular weight is 222 g/mol. The van der Waals surface area contributed by atoms with Crippen molar-refractivity contribution in [2.75, 3.05) is 7.11 Å². The Hall–Kier alpha value is -1.02. The summed E-state index contributed by atoms with van der Waals surface area (Å²) in [5.41, 5.74) is 0.954. The molecule has 2 heteroatoms. The van der Waals surface area contributed by atoms with E-state index in [4.69, 9.17) is 4.74 Å². The van der Waals surface area contributed by atoms with Crippen molar-refractivity contribution in [1.29, 1.82) is 0 Å². The van der Waals surface area contributed by atoms with E-state index in [0.717, 1.165) is 24.2 Å². The highest BCUT2D eigenvalue weighted by molar-refractivity contribution is 5.29. The summed E-state index contributed by atoms with van der Waals surface area (Å²) in [4.78, 5) is 0. The van der Waals surface area contributed by atoms with E-state index in [-0.39, 0.29) is 6.10 Å². The van der Waals surface area contributed by atoms with Crippen molar-refractivity contribution in [1.82, 2.24) is 0 Å². The van der Waals surface area contributed by atoms with E-state index >= 15 is 0 Å². The van der Waals surface area contributed by atoms with E-state index in [0.29, 0.717) is 0 Å². The van der Waals surface area contributed by atoms with Crippen LogP contribution < -0.4 is 4.74 Å². The minimum Gasteiger partial charge on any atom is -0.497 e. The van der Waals surface area contributed by atoms with E-state index in [1.807, 2.05) is 24.3 Å². The average Bonchev–Trinajstić information content (AvgIpc) is 2.34. The summed E-state index contributed by atoms with van der Waals surface area (Å²) in [7, 11) is 1.65. The predicted molar refractivity (Wildman–Crippen MR) is 66.7 cm³/mol. The van der Waals surface area contributed by atoms with Crippen molar-refractivity contribution in [3.8, 4) is 5.75 Å². The van der Waals surface area contributed by atoms with Crippen LogP contribution in [-0.4, -0.2) is 12.2 Å². The monoisotopic (exact) mass is 222 g/mol. The SMILES string of the molecule is CCCCCCC(O)c1cccc(OC)c1. The first-order valence-corrected chi connectivity index (χ1v) is 6.10. The molecule has 0 aliphatic carbocycles. The molecular weight excluding hydrogens is 200 g/mol. The zero-order valence-electron chi connectivity index (χ0n) is 10.3. The topological polar surface area (TPSA) is 29.5 Å². The van der Waals surface area contributed by atoms with Gasteiger partial charge in [-0.3, -0.25) is 0 Å². The molecule has 0 aromatic heterocycles. The predicted octanol–water partition coefficient (Wildman–Crippen LogP) is 3.70. The number of aliphatic hydroxyl groups excluding tert-OH is 1. The van der Waals surface area contributed by atoms with Crippen LogP contribution in [0.15, 0.2) is 24.3 Å². The number of hydrogen-bond acceptors (Lipinski definition) is 2. The largest absolute Gasteiger partial charge is 0.497 e. The summed E-state index contributed by atoms with van der Waals surface area (Å²) in [5.74, 6) is 0.810. The summed E-state index contributed by atoms with van der Waals surface area (Å²) in [6.45, 7) is 2.19. The van der Waals surface area contributed by atoms with Gasteiger partial charge in [-0.05, 0) is 24.1 Å². The molecule has 0 saturated carbocycles. The van der Waals surface area contributed by atoms with Crippen LogP contribution in [0.5, 0.6) is 5.75 Å². The van der Waals surface area contributed by atoms with Gasteiger partial charge in [0.2, 0.25) is 0 Å². The lowest BCUT2D eigenvalue weighted by molar-refractivity contribution is 0.163. The molecule has 0 radical (unpaired) electrons. The third-order valence-corrected chi connectivity index (χ3v) is 2.81. The highest BCUT2D eigenvalue weighted by atomic mass is 16.5. The molecule has 0 spiro atoms. The maximum Gasteiger partial charge on any atom is 0.119 e. The Balaban J connectivity index is 2.42. The first-order chi connectivity index (χ1) is 7.77. The van der Waals surface area contributed by atoms with Crippen LogP contribution in [0.25, 0.3) is 0 Å². The fourth-order valence-corrected chi connectivity index (χ4v) is 1.78.